The maximum atomic E-state index is 13.2. The molecule has 118 valence electrons. The Bertz CT molecular complexity index is 521. The molecule has 1 saturated heterocycles. The van der Waals surface area contributed by atoms with Gasteiger partial charge in [-0.3, -0.25) is 4.79 Å². The van der Waals surface area contributed by atoms with E-state index in [0.29, 0.717) is 31.8 Å². The van der Waals surface area contributed by atoms with Crippen LogP contribution >= 0.6 is 12.4 Å². The highest BCUT2D eigenvalue weighted by atomic mass is 35.5. The Hall–Kier alpha value is -1.34. The molecule has 21 heavy (non-hydrogen) atoms. The van der Waals surface area contributed by atoms with E-state index in [-0.39, 0.29) is 23.9 Å². The Morgan fingerprint density at radius 3 is 2.57 bits per heavy atom. The predicted molar refractivity (Wildman–Crippen MR) is 71.7 cm³/mol. The number of benzene rings is 1. The number of hydrogen-bond donors (Lipinski definition) is 1. The molecule has 1 fully saturated rings. The van der Waals surface area contributed by atoms with Gasteiger partial charge < -0.3 is 10.6 Å². The summed E-state index contributed by atoms with van der Waals surface area (Å²) in [5.41, 5.74) is 3.92. The van der Waals surface area contributed by atoms with Crippen LogP contribution in [0.2, 0.25) is 0 Å². The second-order valence-electron chi connectivity index (χ2n) is 4.83. The number of amides is 1. The molecule has 0 radical (unpaired) electrons. The lowest BCUT2D eigenvalue weighted by Crippen LogP contribution is -2.30. The quantitative estimate of drug-likeness (QED) is 0.849. The third-order valence-corrected chi connectivity index (χ3v) is 3.43. The molecular formula is C13H15ClF4N2O. The molecule has 1 aromatic carbocycles. The van der Waals surface area contributed by atoms with E-state index < -0.39 is 23.5 Å². The molecular weight excluding hydrogens is 312 g/mol. The standard InChI is InChI=1S/C13H14F4N2O.ClH/c14-11-2-1-9(5-10(11)13(15,16)17)12(20)19-4-3-8(6-18)7-19;/h1-2,5,8H,3-4,6-7,18H2;1H. The van der Waals surface area contributed by atoms with Crippen molar-refractivity contribution in [3.05, 3.63) is 35.1 Å². The molecule has 1 aromatic rings. The Morgan fingerprint density at radius 2 is 2.05 bits per heavy atom. The van der Waals surface area contributed by atoms with E-state index in [1.165, 1.54) is 4.90 Å². The van der Waals surface area contributed by atoms with Crippen molar-refractivity contribution in [1.82, 2.24) is 4.90 Å². The van der Waals surface area contributed by atoms with Crippen LogP contribution < -0.4 is 5.73 Å². The molecule has 1 unspecified atom stereocenters. The molecule has 8 heteroatoms. The van der Waals surface area contributed by atoms with E-state index in [9.17, 15) is 22.4 Å². The van der Waals surface area contributed by atoms with Crippen LogP contribution in [-0.4, -0.2) is 30.4 Å². The summed E-state index contributed by atoms with van der Waals surface area (Å²) in [5, 5.41) is 0. The number of rotatable bonds is 2. The van der Waals surface area contributed by atoms with E-state index >= 15 is 0 Å². The van der Waals surface area contributed by atoms with Crippen molar-refractivity contribution >= 4 is 18.3 Å². The molecule has 3 nitrogen and oxygen atoms in total. The number of carbonyl (C=O) groups excluding carboxylic acids is 1. The largest absolute Gasteiger partial charge is 0.419 e. The molecule has 0 saturated carbocycles. The van der Waals surface area contributed by atoms with Gasteiger partial charge in [0.25, 0.3) is 5.91 Å². The van der Waals surface area contributed by atoms with Crippen LogP contribution in [0.25, 0.3) is 0 Å². The first-order valence-corrected chi connectivity index (χ1v) is 6.19. The van der Waals surface area contributed by atoms with Gasteiger partial charge >= 0.3 is 6.18 Å². The van der Waals surface area contributed by atoms with Crippen molar-refractivity contribution in [3.8, 4) is 0 Å². The summed E-state index contributed by atoms with van der Waals surface area (Å²) in [6.07, 6.45) is -4.08. The first-order valence-electron chi connectivity index (χ1n) is 6.19. The lowest BCUT2D eigenvalue weighted by atomic mass is 10.1. The topological polar surface area (TPSA) is 46.3 Å². The van der Waals surface area contributed by atoms with Crippen molar-refractivity contribution in [2.75, 3.05) is 19.6 Å². The lowest BCUT2D eigenvalue weighted by Gasteiger charge is -2.17. The van der Waals surface area contributed by atoms with E-state index in [1.807, 2.05) is 0 Å². The summed E-state index contributed by atoms with van der Waals surface area (Å²) >= 11 is 0. The van der Waals surface area contributed by atoms with Crippen LogP contribution in [0.4, 0.5) is 17.6 Å². The highest BCUT2D eigenvalue weighted by Crippen LogP contribution is 2.32. The zero-order chi connectivity index (χ0) is 14.9. The summed E-state index contributed by atoms with van der Waals surface area (Å²) in [7, 11) is 0. The minimum atomic E-state index is -4.81. The average Bonchev–Trinajstić information content (AvgIpc) is 2.86. The van der Waals surface area contributed by atoms with Gasteiger partial charge in [-0.25, -0.2) is 4.39 Å². The van der Waals surface area contributed by atoms with E-state index in [0.717, 1.165) is 12.5 Å². The Morgan fingerprint density at radius 1 is 1.38 bits per heavy atom. The SMILES string of the molecule is Cl.NCC1CCN(C(=O)c2ccc(F)c(C(F)(F)F)c2)C1. The average molecular weight is 327 g/mol. The predicted octanol–water partition coefficient (Wildman–Crippen LogP) is 2.69. The second kappa shape index (κ2) is 6.62. The molecule has 0 bridgehead atoms. The van der Waals surface area contributed by atoms with Crippen LogP contribution in [0.5, 0.6) is 0 Å². The van der Waals surface area contributed by atoms with Crippen LogP contribution in [-0.2, 0) is 6.18 Å². The van der Waals surface area contributed by atoms with Gasteiger partial charge in [-0.05, 0) is 37.1 Å². The fourth-order valence-corrected chi connectivity index (χ4v) is 2.27. The monoisotopic (exact) mass is 326 g/mol. The van der Waals surface area contributed by atoms with Crippen molar-refractivity contribution in [2.24, 2.45) is 11.7 Å². The molecule has 1 heterocycles. The maximum Gasteiger partial charge on any atom is 0.419 e. The van der Waals surface area contributed by atoms with Crippen molar-refractivity contribution in [3.63, 3.8) is 0 Å². The summed E-state index contributed by atoms with van der Waals surface area (Å²) in [6, 6.07) is 2.31. The summed E-state index contributed by atoms with van der Waals surface area (Å²) in [4.78, 5) is 13.5. The Kier molecular flexibility index (Phi) is 5.58. The summed E-state index contributed by atoms with van der Waals surface area (Å²) in [5.74, 6) is -1.73. The fourth-order valence-electron chi connectivity index (χ4n) is 2.27. The van der Waals surface area contributed by atoms with Gasteiger partial charge in [0.1, 0.15) is 5.82 Å². The molecule has 0 spiro atoms. The zero-order valence-electron chi connectivity index (χ0n) is 11.0. The van der Waals surface area contributed by atoms with Crippen LogP contribution in [0.1, 0.15) is 22.3 Å². The zero-order valence-corrected chi connectivity index (χ0v) is 11.8. The molecule has 1 aliphatic heterocycles. The molecule has 2 N–H and O–H groups in total. The Labute approximate surface area is 125 Å². The van der Waals surface area contributed by atoms with Gasteiger partial charge in [0.05, 0.1) is 5.56 Å². The van der Waals surface area contributed by atoms with Crippen LogP contribution in [0.3, 0.4) is 0 Å². The van der Waals surface area contributed by atoms with Crippen LogP contribution in [0.15, 0.2) is 18.2 Å². The van der Waals surface area contributed by atoms with Crippen molar-refractivity contribution < 1.29 is 22.4 Å². The first kappa shape index (κ1) is 17.7. The summed E-state index contributed by atoms with van der Waals surface area (Å²) < 4.78 is 51.0. The number of nitrogens with zero attached hydrogens (tertiary/aromatic N) is 1. The Balaban J connectivity index is 0.00000220. The van der Waals surface area contributed by atoms with Gasteiger partial charge in [-0.1, -0.05) is 0 Å². The number of nitrogens with two attached hydrogens (primary N) is 1. The van der Waals surface area contributed by atoms with Crippen LogP contribution in [0, 0.1) is 11.7 Å². The van der Waals surface area contributed by atoms with E-state index in [4.69, 9.17) is 5.73 Å². The lowest BCUT2D eigenvalue weighted by molar-refractivity contribution is -0.140. The van der Waals surface area contributed by atoms with Crippen molar-refractivity contribution in [2.45, 2.75) is 12.6 Å². The summed E-state index contributed by atoms with van der Waals surface area (Å²) in [6.45, 7) is 1.31. The third-order valence-electron chi connectivity index (χ3n) is 3.43. The molecule has 2 rings (SSSR count). The minimum Gasteiger partial charge on any atom is -0.338 e. The molecule has 0 aromatic heterocycles. The number of likely N-dealkylation sites (tertiary alicyclic amines) is 1. The first-order chi connectivity index (χ1) is 9.32. The maximum absolute atomic E-state index is 13.2. The highest BCUT2D eigenvalue weighted by molar-refractivity contribution is 5.94. The number of alkyl halides is 3. The smallest absolute Gasteiger partial charge is 0.338 e. The van der Waals surface area contributed by atoms with Gasteiger partial charge in [0.2, 0.25) is 0 Å². The van der Waals surface area contributed by atoms with Crippen molar-refractivity contribution in [1.29, 1.82) is 0 Å². The second-order valence-corrected chi connectivity index (χ2v) is 4.83. The molecule has 1 amide bonds. The highest BCUT2D eigenvalue weighted by Gasteiger charge is 2.35. The van der Waals surface area contributed by atoms with Gasteiger partial charge in [-0.2, -0.15) is 13.2 Å². The molecule has 1 atom stereocenters. The van der Waals surface area contributed by atoms with Gasteiger partial charge in [0, 0.05) is 18.7 Å². The fraction of sp³-hybridized carbons (Fsp3) is 0.462. The van der Waals surface area contributed by atoms with Gasteiger partial charge in [0.15, 0.2) is 0 Å². The van der Waals surface area contributed by atoms with Gasteiger partial charge in [-0.15, -0.1) is 12.4 Å². The molecule has 1 aliphatic rings. The normalized spacial score (nSPS) is 18.5. The number of halogens is 5. The van der Waals surface area contributed by atoms with E-state index in [1.54, 1.807) is 0 Å². The number of carbonyl (C=O) groups is 1. The van der Waals surface area contributed by atoms with E-state index in [2.05, 4.69) is 0 Å². The number of hydrogen-bond acceptors (Lipinski definition) is 2. The molecule has 0 aliphatic carbocycles. The minimum absolute atomic E-state index is 0. The third kappa shape index (κ3) is 3.85.